The highest BCUT2D eigenvalue weighted by Crippen LogP contribution is 2.37. The number of ether oxygens (including phenoxy) is 2. The van der Waals surface area contributed by atoms with Crippen LogP contribution < -0.4 is 4.74 Å². The molecule has 8 nitrogen and oxygen atoms in total. The van der Waals surface area contributed by atoms with Gasteiger partial charge in [-0.3, -0.25) is 0 Å². The molecule has 1 aliphatic heterocycles. The van der Waals surface area contributed by atoms with E-state index >= 15 is 0 Å². The molecular weight excluding hydrogens is 422 g/mol. The lowest BCUT2D eigenvalue weighted by atomic mass is 9.95. The first-order chi connectivity index (χ1) is 14.9. The fraction of sp³-hybridized carbons (Fsp3) is 0.455. The standard InChI is InChI=1S/C22H27NO7S/c1-2-4-13-7-8-14(31-13)9-12-10-23-15-5-3-6-16(18(12)15)30-22(28)20(26)19(25)17(11-24)29-21(22)27/h3,5-8,10,17,19-21,23-28H,2,4,9,11H2,1H3/t17-,19-,20+,21+,22+/m1/s1. The van der Waals surface area contributed by atoms with Crippen molar-refractivity contribution >= 4 is 22.2 Å². The predicted molar refractivity (Wildman–Crippen MR) is 115 cm³/mol. The number of aliphatic hydroxyl groups excluding tert-OH is 4. The van der Waals surface area contributed by atoms with Crippen LogP contribution in [0.4, 0.5) is 0 Å². The number of aromatic amines is 1. The third kappa shape index (κ3) is 4.10. The van der Waals surface area contributed by atoms with Crippen LogP contribution in [0.25, 0.3) is 10.9 Å². The van der Waals surface area contributed by atoms with Crippen molar-refractivity contribution < 1.29 is 35.0 Å². The molecule has 1 aromatic carbocycles. The van der Waals surface area contributed by atoms with Gasteiger partial charge >= 0.3 is 0 Å². The molecule has 5 atom stereocenters. The quantitative estimate of drug-likeness (QED) is 0.299. The van der Waals surface area contributed by atoms with Crippen molar-refractivity contribution in [3.8, 4) is 5.75 Å². The molecule has 0 aliphatic carbocycles. The van der Waals surface area contributed by atoms with Crippen LogP contribution in [0.15, 0.2) is 36.5 Å². The van der Waals surface area contributed by atoms with E-state index in [4.69, 9.17) is 9.47 Å². The Labute approximate surface area is 183 Å². The Balaban J connectivity index is 1.66. The lowest BCUT2D eigenvalue weighted by Crippen LogP contribution is -2.69. The van der Waals surface area contributed by atoms with Gasteiger partial charge in [-0.15, -0.1) is 11.3 Å². The van der Waals surface area contributed by atoms with Crippen LogP contribution in [-0.2, 0) is 17.6 Å². The molecule has 0 amide bonds. The lowest BCUT2D eigenvalue weighted by molar-refractivity contribution is -0.385. The van der Waals surface area contributed by atoms with Gasteiger partial charge in [0, 0.05) is 33.3 Å². The van der Waals surface area contributed by atoms with Crippen molar-refractivity contribution in [1.29, 1.82) is 0 Å². The van der Waals surface area contributed by atoms with Gasteiger partial charge in [-0.25, -0.2) is 0 Å². The fourth-order valence-electron chi connectivity index (χ4n) is 3.91. The Morgan fingerprint density at radius 1 is 1.16 bits per heavy atom. The third-order valence-electron chi connectivity index (χ3n) is 5.57. The van der Waals surface area contributed by atoms with Gasteiger partial charge in [0.15, 0.2) is 6.10 Å². The number of benzene rings is 1. The maximum absolute atomic E-state index is 10.9. The highest BCUT2D eigenvalue weighted by atomic mass is 32.1. The van der Waals surface area contributed by atoms with Crippen molar-refractivity contribution in [3.63, 3.8) is 0 Å². The minimum Gasteiger partial charge on any atom is -0.454 e. The summed E-state index contributed by atoms with van der Waals surface area (Å²) in [6, 6.07) is 9.40. The van der Waals surface area contributed by atoms with Crippen LogP contribution in [0.5, 0.6) is 5.75 Å². The first-order valence-electron chi connectivity index (χ1n) is 10.3. The van der Waals surface area contributed by atoms with E-state index in [1.807, 2.05) is 12.3 Å². The Morgan fingerprint density at radius 3 is 2.68 bits per heavy atom. The fourth-order valence-corrected chi connectivity index (χ4v) is 5.05. The maximum atomic E-state index is 10.9. The summed E-state index contributed by atoms with van der Waals surface area (Å²) in [6.45, 7) is 1.51. The van der Waals surface area contributed by atoms with Crippen LogP contribution in [0.1, 0.15) is 28.7 Å². The third-order valence-corrected chi connectivity index (χ3v) is 6.71. The molecule has 0 saturated carbocycles. The SMILES string of the molecule is CCCc1ccc(Cc2c[nH]c3cccc(O[C@]4(O)[C@@H](O)O[C@H](CO)[C@@H](O)[C@@H]4O)c23)s1. The van der Waals surface area contributed by atoms with Crippen LogP contribution in [0.3, 0.4) is 0 Å². The molecular formula is C22H27NO7S. The molecule has 3 aromatic rings. The first-order valence-corrected chi connectivity index (χ1v) is 11.1. The van der Waals surface area contributed by atoms with Gasteiger partial charge in [0.1, 0.15) is 18.0 Å². The van der Waals surface area contributed by atoms with Gasteiger partial charge in [-0.05, 0) is 36.2 Å². The zero-order valence-corrected chi connectivity index (χ0v) is 17.9. The number of aliphatic hydroxyl groups is 5. The molecule has 6 N–H and O–H groups in total. The summed E-state index contributed by atoms with van der Waals surface area (Å²) in [5, 5.41) is 51.7. The summed E-state index contributed by atoms with van der Waals surface area (Å²) in [7, 11) is 0. The van der Waals surface area contributed by atoms with Crippen molar-refractivity contribution in [2.24, 2.45) is 0 Å². The van der Waals surface area contributed by atoms with E-state index in [1.165, 1.54) is 9.75 Å². The number of fused-ring (bicyclic) bond motifs is 1. The predicted octanol–water partition coefficient (Wildman–Crippen LogP) is 1.27. The second-order valence-electron chi connectivity index (χ2n) is 7.79. The summed E-state index contributed by atoms with van der Waals surface area (Å²) in [5.41, 5.74) is 1.68. The smallest absolute Gasteiger partial charge is 0.288 e. The Morgan fingerprint density at radius 2 is 1.94 bits per heavy atom. The second-order valence-corrected chi connectivity index (χ2v) is 9.04. The van der Waals surface area contributed by atoms with Crippen LogP contribution >= 0.6 is 11.3 Å². The molecule has 1 saturated heterocycles. The zero-order valence-electron chi connectivity index (χ0n) is 17.1. The molecule has 168 valence electrons. The van der Waals surface area contributed by atoms with Crippen molar-refractivity contribution in [3.05, 3.63) is 51.8 Å². The van der Waals surface area contributed by atoms with Crippen LogP contribution in [0, 0.1) is 0 Å². The Kier molecular flexibility index (Phi) is 6.36. The Hall–Kier alpha value is -1.98. The Bertz CT molecular complexity index is 1030. The highest BCUT2D eigenvalue weighted by molar-refractivity contribution is 7.12. The molecule has 0 radical (unpaired) electrons. The zero-order chi connectivity index (χ0) is 22.2. The van der Waals surface area contributed by atoms with Gasteiger partial charge in [-0.1, -0.05) is 19.4 Å². The van der Waals surface area contributed by atoms with E-state index in [-0.39, 0.29) is 5.75 Å². The average Bonchev–Trinajstić information content (AvgIpc) is 3.38. The molecule has 31 heavy (non-hydrogen) atoms. The second kappa shape index (κ2) is 8.87. The highest BCUT2D eigenvalue weighted by Gasteiger charge is 2.57. The topological polar surface area (TPSA) is 135 Å². The van der Waals surface area contributed by atoms with E-state index in [0.29, 0.717) is 11.8 Å². The van der Waals surface area contributed by atoms with Crippen LogP contribution in [-0.4, -0.2) is 67.5 Å². The number of thiophene rings is 1. The van der Waals surface area contributed by atoms with Crippen molar-refractivity contribution in [2.75, 3.05) is 6.61 Å². The summed E-state index contributed by atoms with van der Waals surface area (Å²) < 4.78 is 10.8. The van der Waals surface area contributed by atoms with E-state index in [2.05, 4.69) is 24.0 Å². The van der Waals surface area contributed by atoms with Crippen molar-refractivity contribution in [2.45, 2.75) is 56.6 Å². The number of nitrogens with one attached hydrogen (secondary N) is 1. The number of aromatic nitrogens is 1. The number of aryl methyl sites for hydroxylation is 1. The minimum absolute atomic E-state index is 0.220. The molecule has 4 rings (SSSR count). The molecule has 0 spiro atoms. The lowest BCUT2D eigenvalue weighted by Gasteiger charge is -2.45. The summed E-state index contributed by atoms with van der Waals surface area (Å²) in [4.78, 5) is 5.68. The summed E-state index contributed by atoms with van der Waals surface area (Å²) in [5.74, 6) is -2.40. The summed E-state index contributed by atoms with van der Waals surface area (Å²) in [6.07, 6.45) is -2.15. The monoisotopic (exact) mass is 449 g/mol. The van der Waals surface area contributed by atoms with E-state index in [1.54, 1.807) is 23.5 Å². The molecule has 0 unspecified atom stereocenters. The molecule has 1 aliphatic rings. The minimum atomic E-state index is -2.62. The average molecular weight is 450 g/mol. The number of hydrogen-bond acceptors (Lipinski definition) is 8. The van der Waals surface area contributed by atoms with Gasteiger partial charge in [0.2, 0.25) is 6.29 Å². The van der Waals surface area contributed by atoms with Gasteiger partial charge < -0.3 is 40.0 Å². The van der Waals surface area contributed by atoms with E-state index < -0.39 is 37.0 Å². The van der Waals surface area contributed by atoms with E-state index in [0.717, 1.165) is 23.9 Å². The molecule has 0 bridgehead atoms. The van der Waals surface area contributed by atoms with E-state index in [9.17, 15) is 25.5 Å². The number of H-pyrrole nitrogens is 1. The summed E-state index contributed by atoms with van der Waals surface area (Å²) >= 11 is 1.75. The van der Waals surface area contributed by atoms with Crippen molar-refractivity contribution in [1.82, 2.24) is 4.98 Å². The maximum Gasteiger partial charge on any atom is 0.288 e. The molecule has 1 fully saturated rings. The van der Waals surface area contributed by atoms with Gasteiger partial charge in [0.25, 0.3) is 5.79 Å². The largest absolute Gasteiger partial charge is 0.454 e. The first kappa shape index (κ1) is 22.2. The van der Waals surface area contributed by atoms with Crippen LogP contribution in [0.2, 0.25) is 0 Å². The number of rotatable bonds is 7. The molecule has 2 aromatic heterocycles. The normalized spacial score (nSPS) is 28.8. The molecule has 9 heteroatoms. The number of hydrogen-bond donors (Lipinski definition) is 6. The van der Waals surface area contributed by atoms with Gasteiger partial charge in [-0.2, -0.15) is 0 Å². The molecule has 3 heterocycles. The van der Waals surface area contributed by atoms with Gasteiger partial charge in [0.05, 0.1) is 6.61 Å².